The first-order valence-electron chi connectivity index (χ1n) is 8.08. The maximum atomic E-state index is 14.0. The number of fused-ring (bicyclic) bond motifs is 1. The number of anilines is 2. The van der Waals surface area contributed by atoms with Crippen LogP contribution >= 0.6 is 0 Å². The molecule has 1 fully saturated rings. The van der Waals surface area contributed by atoms with Crippen LogP contribution in [-0.2, 0) is 9.59 Å². The van der Waals surface area contributed by atoms with Gasteiger partial charge in [-0.05, 0) is 24.3 Å². The zero-order valence-electron chi connectivity index (χ0n) is 13.8. The summed E-state index contributed by atoms with van der Waals surface area (Å²) in [5, 5.41) is 2.66. The van der Waals surface area contributed by atoms with Crippen molar-refractivity contribution >= 4 is 23.2 Å². The van der Waals surface area contributed by atoms with E-state index in [1.807, 2.05) is 0 Å². The molecule has 1 unspecified atom stereocenters. The van der Waals surface area contributed by atoms with Gasteiger partial charge in [-0.3, -0.25) is 9.59 Å². The summed E-state index contributed by atoms with van der Waals surface area (Å²) in [5.41, 5.74) is 0.0615. The third-order valence-corrected chi connectivity index (χ3v) is 4.44. The third kappa shape index (κ3) is 3.05. The van der Waals surface area contributed by atoms with E-state index in [4.69, 9.17) is 9.47 Å². The van der Waals surface area contributed by atoms with E-state index in [-0.39, 0.29) is 19.8 Å². The van der Waals surface area contributed by atoms with Crippen molar-refractivity contribution in [1.82, 2.24) is 0 Å². The van der Waals surface area contributed by atoms with E-state index in [0.29, 0.717) is 17.2 Å². The molecule has 27 heavy (non-hydrogen) atoms. The second-order valence-electron chi connectivity index (χ2n) is 6.16. The normalized spacial score (nSPS) is 18.1. The molecule has 1 atom stereocenters. The Balaban J connectivity index is 1.49. The largest absolute Gasteiger partial charge is 0.454 e. The molecular weight excluding hydrogens is 365 g/mol. The Kier molecular flexibility index (Phi) is 4.14. The summed E-state index contributed by atoms with van der Waals surface area (Å²) in [5.74, 6) is -5.19. The molecule has 2 amide bonds. The topological polar surface area (TPSA) is 67.9 Å². The van der Waals surface area contributed by atoms with Crippen molar-refractivity contribution in [2.75, 3.05) is 23.6 Å². The number of nitrogens with zero attached hydrogens (tertiary/aromatic N) is 1. The molecule has 0 aliphatic carbocycles. The second-order valence-corrected chi connectivity index (χ2v) is 6.16. The van der Waals surface area contributed by atoms with Crippen LogP contribution in [0, 0.1) is 23.4 Å². The van der Waals surface area contributed by atoms with E-state index in [1.165, 1.54) is 0 Å². The molecule has 0 saturated carbocycles. The highest BCUT2D eigenvalue weighted by Gasteiger charge is 2.37. The van der Waals surface area contributed by atoms with Gasteiger partial charge in [0.05, 0.1) is 11.6 Å². The fourth-order valence-electron chi connectivity index (χ4n) is 3.06. The number of benzene rings is 2. The summed E-state index contributed by atoms with van der Waals surface area (Å²) < 4.78 is 50.9. The molecule has 2 aliphatic heterocycles. The zero-order valence-corrected chi connectivity index (χ0v) is 13.8. The van der Waals surface area contributed by atoms with Crippen LogP contribution in [0.2, 0.25) is 0 Å². The summed E-state index contributed by atoms with van der Waals surface area (Å²) in [7, 11) is 0. The van der Waals surface area contributed by atoms with Crippen LogP contribution in [0.3, 0.4) is 0 Å². The highest BCUT2D eigenvalue weighted by Crippen LogP contribution is 2.35. The summed E-state index contributed by atoms with van der Waals surface area (Å²) in [6.07, 6.45) is -0.172. The molecule has 140 valence electrons. The van der Waals surface area contributed by atoms with Crippen molar-refractivity contribution in [2.24, 2.45) is 5.92 Å². The van der Waals surface area contributed by atoms with Crippen molar-refractivity contribution in [1.29, 1.82) is 0 Å². The van der Waals surface area contributed by atoms with Gasteiger partial charge in [0.15, 0.2) is 29.0 Å². The predicted molar refractivity (Wildman–Crippen MR) is 88.0 cm³/mol. The van der Waals surface area contributed by atoms with Crippen molar-refractivity contribution in [2.45, 2.75) is 6.42 Å². The molecule has 0 radical (unpaired) electrons. The number of halogens is 3. The van der Waals surface area contributed by atoms with Gasteiger partial charge in [-0.25, -0.2) is 13.2 Å². The monoisotopic (exact) mass is 378 g/mol. The van der Waals surface area contributed by atoms with Crippen LogP contribution in [0.1, 0.15) is 6.42 Å². The minimum Gasteiger partial charge on any atom is -0.454 e. The molecule has 0 bridgehead atoms. The van der Waals surface area contributed by atoms with Gasteiger partial charge in [0, 0.05) is 24.7 Å². The minimum atomic E-state index is -1.66. The fourth-order valence-corrected chi connectivity index (χ4v) is 3.06. The molecule has 0 aromatic heterocycles. The predicted octanol–water partition coefficient (Wildman–Crippen LogP) is 2.82. The number of nitrogens with one attached hydrogen (secondary N) is 1. The number of carbonyl (C=O) groups is 2. The number of rotatable bonds is 3. The molecule has 4 rings (SSSR count). The Morgan fingerprint density at radius 1 is 1.07 bits per heavy atom. The van der Waals surface area contributed by atoms with Crippen molar-refractivity contribution in [3.8, 4) is 11.5 Å². The average molecular weight is 378 g/mol. The van der Waals surface area contributed by atoms with Crippen LogP contribution < -0.4 is 19.7 Å². The Morgan fingerprint density at radius 3 is 2.67 bits per heavy atom. The Hall–Kier alpha value is -3.23. The Morgan fingerprint density at radius 2 is 1.85 bits per heavy atom. The zero-order chi connectivity index (χ0) is 19.1. The highest BCUT2D eigenvalue weighted by molar-refractivity contribution is 6.03. The van der Waals surface area contributed by atoms with Gasteiger partial charge in [0.25, 0.3) is 0 Å². The fraction of sp³-hybridized carbons (Fsp3) is 0.222. The number of ether oxygens (including phenoxy) is 2. The molecule has 1 N–H and O–H groups in total. The molecule has 9 heteroatoms. The molecule has 1 saturated heterocycles. The Labute approximate surface area is 151 Å². The van der Waals surface area contributed by atoms with Crippen LogP contribution in [-0.4, -0.2) is 25.2 Å². The van der Waals surface area contributed by atoms with E-state index in [0.717, 1.165) is 17.0 Å². The van der Waals surface area contributed by atoms with E-state index < -0.39 is 40.9 Å². The molecule has 2 aromatic carbocycles. The number of hydrogen-bond donors (Lipinski definition) is 1. The Bertz CT molecular complexity index is 950. The maximum absolute atomic E-state index is 14.0. The van der Waals surface area contributed by atoms with E-state index in [9.17, 15) is 22.8 Å². The molecule has 2 aliphatic rings. The maximum Gasteiger partial charge on any atom is 0.231 e. The van der Waals surface area contributed by atoms with Gasteiger partial charge in [-0.1, -0.05) is 0 Å². The lowest BCUT2D eigenvalue weighted by molar-refractivity contribution is -0.122. The summed E-state index contributed by atoms with van der Waals surface area (Å²) >= 11 is 0. The SMILES string of the molecule is O=C(Nc1ccc2c(c1)OCO2)C1CC(=O)N(c2ccc(F)c(F)c2F)C1. The lowest BCUT2D eigenvalue weighted by atomic mass is 10.1. The average Bonchev–Trinajstić information content (AvgIpc) is 3.26. The molecule has 2 heterocycles. The molecule has 2 aromatic rings. The van der Waals surface area contributed by atoms with Crippen molar-refractivity contribution in [3.63, 3.8) is 0 Å². The number of amides is 2. The van der Waals surface area contributed by atoms with Gasteiger partial charge in [-0.2, -0.15) is 0 Å². The smallest absolute Gasteiger partial charge is 0.231 e. The van der Waals surface area contributed by atoms with Crippen molar-refractivity contribution < 1.29 is 32.2 Å². The van der Waals surface area contributed by atoms with E-state index >= 15 is 0 Å². The van der Waals surface area contributed by atoms with E-state index in [1.54, 1.807) is 18.2 Å². The standard InChI is InChI=1S/C18H13F3N2O4/c19-11-2-3-12(17(21)16(11)20)23-7-9(5-15(23)24)18(25)22-10-1-4-13-14(6-10)27-8-26-13/h1-4,6,9H,5,7-8H2,(H,22,25). The summed E-state index contributed by atoms with van der Waals surface area (Å²) in [4.78, 5) is 25.6. The van der Waals surface area contributed by atoms with Gasteiger partial charge < -0.3 is 19.7 Å². The lowest BCUT2D eigenvalue weighted by Crippen LogP contribution is -2.29. The summed E-state index contributed by atoms with van der Waals surface area (Å²) in [6.45, 7) is -0.0458. The quantitative estimate of drug-likeness (QED) is 0.834. The van der Waals surface area contributed by atoms with Gasteiger partial charge in [-0.15, -0.1) is 0 Å². The first-order valence-corrected chi connectivity index (χ1v) is 8.08. The second kappa shape index (κ2) is 6.49. The third-order valence-electron chi connectivity index (χ3n) is 4.44. The van der Waals surface area contributed by atoms with Crippen LogP contribution in [0.15, 0.2) is 30.3 Å². The highest BCUT2D eigenvalue weighted by atomic mass is 19.2. The number of carbonyl (C=O) groups excluding carboxylic acids is 2. The first kappa shape index (κ1) is 17.2. The molecule has 0 spiro atoms. The van der Waals surface area contributed by atoms with Gasteiger partial charge >= 0.3 is 0 Å². The molecular formula is C18H13F3N2O4. The van der Waals surface area contributed by atoms with E-state index in [2.05, 4.69) is 5.32 Å². The van der Waals surface area contributed by atoms with Crippen LogP contribution in [0.4, 0.5) is 24.5 Å². The van der Waals surface area contributed by atoms with Gasteiger partial charge in [0.1, 0.15) is 0 Å². The molecule has 6 nitrogen and oxygen atoms in total. The van der Waals surface area contributed by atoms with Crippen LogP contribution in [0.25, 0.3) is 0 Å². The summed E-state index contributed by atoms with van der Waals surface area (Å²) in [6, 6.07) is 6.56. The van der Waals surface area contributed by atoms with Crippen LogP contribution in [0.5, 0.6) is 11.5 Å². The van der Waals surface area contributed by atoms with Gasteiger partial charge in [0.2, 0.25) is 18.6 Å². The lowest BCUT2D eigenvalue weighted by Gasteiger charge is -2.18. The number of hydrogen-bond acceptors (Lipinski definition) is 4. The minimum absolute atomic E-state index is 0.0958. The van der Waals surface area contributed by atoms with Crippen molar-refractivity contribution in [3.05, 3.63) is 47.8 Å². The first-order chi connectivity index (χ1) is 12.9.